The molecule has 0 bridgehead atoms. The highest BCUT2D eigenvalue weighted by Gasteiger charge is 2.15. The number of carbonyl (C=O) groups is 1. The van der Waals surface area contributed by atoms with Crippen molar-refractivity contribution in [3.8, 4) is 11.5 Å². The van der Waals surface area contributed by atoms with Crippen LogP contribution in [0.1, 0.15) is 0 Å². The first-order valence-electron chi connectivity index (χ1n) is 9.47. The number of aromatic nitrogens is 1. The Morgan fingerprint density at radius 2 is 1.81 bits per heavy atom. The van der Waals surface area contributed by atoms with E-state index in [0.29, 0.717) is 22.9 Å². The SMILES string of the molecule is COc1cccc(NS(=O)(=O)c2ccc(OCC(=O)Nc3ccc4sncc4c3)cc2)c1. The number of amides is 1. The summed E-state index contributed by atoms with van der Waals surface area (Å²) >= 11 is 1.39. The maximum atomic E-state index is 12.6. The molecule has 1 heterocycles. The maximum absolute atomic E-state index is 12.6. The molecule has 32 heavy (non-hydrogen) atoms. The minimum absolute atomic E-state index is 0.0646. The molecular weight excluding hydrogens is 450 g/mol. The summed E-state index contributed by atoms with van der Waals surface area (Å²) in [6.07, 6.45) is 1.74. The molecule has 10 heteroatoms. The molecule has 0 fully saturated rings. The van der Waals surface area contributed by atoms with Gasteiger partial charge in [0.05, 0.1) is 22.4 Å². The smallest absolute Gasteiger partial charge is 0.262 e. The number of benzene rings is 3. The zero-order chi connectivity index (χ0) is 22.6. The molecule has 0 radical (unpaired) electrons. The lowest BCUT2D eigenvalue weighted by Gasteiger charge is -2.11. The second-order valence-electron chi connectivity index (χ2n) is 6.72. The summed E-state index contributed by atoms with van der Waals surface area (Å²) < 4.78 is 43.4. The minimum Gasteiger partial charge on any atom is -0.497 e. The Labute approximate surface area is 189 Å². The third-order valence-electron chi connectivity index (χ3n) is 4.46. The summed E-state index contributed by atoms with van der Waals surface area (Å²) in [5.41, 5.74) is 1.04. The van der Waals surface area contributed by atoms with Gasteiger partial charge in [0.1, 0.15) is 11.5 Å². The molecule has 1 amide bonds. The van der Waals surface area contributed by atoms with Crippen molar-refractivity contribution in [3.05, 3.63) is 72.9 Å². The number of rotatable bonds is 8. The van der Waals surface area contributed by atoms with E-state index < -0.39 is 10.0 Å². The fraction of sp³-hybridized carbons (Fsp3) is 0.0909. The van der Waals surface area contributed by atoms with Crippen LogP contribution >= 0.6 is 11.5 Å². The van der Waals surface area contributed by atoms with Gasteiger partial charge >= 0.3 is 0 Å². The van der Waals surface area contributed by atoms with Gasteiger partial charge in [-0.15, -0.1) is 0 Å². The summed E-state index contributed by atoms with van der Waals surface area (Å²) in [6, 6.07) is 18.0. The van der Waals surface area contributed by atoms with Crippen LogP contribution in [-0.4, -0.2) is 32.4 Å². The lowest BCUT2D eigenvalue weighted by molar-refractivity contribution is -0.118. The normalized spacial score (nSPS) is 11.2. The van der Waals surface area contributed by atoms with Crippen LogP contribution in [0.3, 0.4) is 0 Å². The van der Waals surface area contributed by atoms with Gasteiger partial charge in [-0.1, -0.05) is 6.07 Å². The van der Waals surface area contributed by atoms with Crippen LogP contribution in [0.15, 0.2) is 77.8 Å². The molecule has 8 nitrogen and oxygen atoms in total. The molecule has 0 aliphatic rings. The van der Waals surface area contributed by atoms with Crippen molar-refractivity contribution in [1.82, 2.24) is 4.37 Å². The third-order valence-corrected chi connectivity index (χ3v) is 6.64. The number of nitrogens with zero attached hydrogens (tertiary/aromatic N) is 1. The highest BCUT2D eigenvalue weighted by atomic mass is 32.2. The largest absolute Gasteiger partial charge is 0.497 e. The Balaban J connectivity index is 1.34. The van der Waals surface area contributed by atoms with E-state index in [1.807, 2.05) is 12.1 Å². The average Bonchev–Trinajstić information content (AvgIpc) is 3.26. The molecule has 0 unspecified atom stereocenters. The van der Waals surface area contributed by atoms with Gasteiger partial charge in [0.25, 0.3) is 15.9 Å². The van der Waals surface area contributed by atoms with Gasteiger partial charge in [-0.2, -0.15) is 4.37 Å². The topological polar surface area (TPSA) is 107 Å². The summed E-state index contributed by atoms with van der Waals surface area (Å²) in [5, 5.41) is 3.72. The molecule has 4 rings (SSSR count). The van der Waals surface area contributed by atoms with Crippen molar-refractivity contribution in [1.29, 1.82) is 0 Å². The van der Waals surface area contributed by atoms with Gasteiger partial charge < -0.3 is 14.8 Å². The summed E-state index contributed by atoms with van der Waals surface area (Å²) in [7, 11) is -2.28. The van der Waals surface area contributed by atoms with Gasteiger partial charge in [0.2, 0.25) is 0 Å². The van der Waals surface area contributed by atoms with Crippen LogP contribution in [0.4, 0.5) is 11.4 Å². The molecule has 0 atom stereocenters. The second kappa shape index (κ2) is 9.25. The molecule has 4 aromatic rings. The van der Waals surface area contributed by atoms with Crippen LogP contribution in [0, 0.1) is 0 Å². The number of hydrogen-bond donors (Lipinski definition) is 2. The van der Waals surface area contributed by atoms with Crippen molar-refractivity contribution in [2.24, 2.45) is 0 Å². The van der Waals surface area contributed by atoms with Crippen molar-refractivity contribution >= 4 is 48.9 Å². The van der Waals surface area contributed by atoms with E-state index in [1.54, 1.807) is 36.5 Å². The predicted octanol–water partition coefficient (Wildman–Crippen LogP) is 4.12. The van der Waals surface area contributed by atoms with Gasteiger partial charge in [0, 0.05) is 23.3 Å². The fourth-order valence-electron chi connectivity index (χ4n) is 2.91. The number of nitrogens with one attached hydrogen (secondary N) is 2. The molecule has 3 aromatic carbocycles. The van der Waals surface area contributed by atoms with Crippen LogP contribution in [-0.2, 0) is 14.8 Å². The monoisotopic (exact) mass is 469 g/mol. The number of fused-ring (bicyclic) bond motifs is 1. The van der Waals surface area contributed by atoms with Crippen LogP contribution in [0.5, 0.6) is 11.5 Å². The van der Waals surface area contributed by atoms with Crippen LogP contribution in [0.25, 0.3) is 10.1 Å². The number of methoxy groups -OCH3 is 1. The zero-order valence-electron chi connectivity index (χ0n) is 16.9. The van der Waals surface area contributed by atoms with Crippen molar-refractivity contribution in [2.45, 2.75) is 4.90 Å². The molecule has 1 aromatic heterocycles. The summed E-state index contributed by atoms with van der Waals surface area (Å²) in [5.74, 6) is 0.584. The standard InChI is InChI=1S/C22H19N3O5S2/c1-29-19-4-2-3-17(12-19)25-32(27,28)20-8-6-18(7-9-20)30-14-22(26)24-16-5-10-21-15(11-16)13-23-31-21/h2-13,25H,14H2,1H3,(H,24,26). The number of hydrogen-bond acceptors (Lipinski definition) is 7. The Morgan fingerprint density at radius 3 is 2.59 bits per heavy atom. The molecule has 0 aliphatic carbocycles. The predicted molar refractivity (Wildman–Crippen MR) is 124 cm³/mol. The molecule has 0 saturated heterocycles. The maximum Gasteiger partial charge on any atom is 0.262 e. The quantitative estimate of drug-likeness (QED) is 0.402. The van der Waals surface area contributed by atoms with Gasteiger partial charge in [-0.3, -0.25) is 9.52 Å². The van der Waals surface area contributed by atoms with E-state index in [9.17, 15) is 13.2 Å². The molecular formula is C22H19N3O5S2. The molecule has 2 N–H and O–H groups in total. The first-order valence-corrected chi connectivity index (χ1v) is 11.7. The van der Waals surface area contributed by atoms with E-state index in [-0.39, 0.29) is 17.4 Å². The highest BCUT2D eigenvalue weighted by Crippen LogP contribution is 2.23. The van der Waals surface area contributed by atoms with Crippen molar-refractivity contribution in [3.63, 3.8) is 0 Å². The first kappa shape index (κ1) is 21.6. The lowest BCUT2D eigenvalue weighted by Crippen LogP contribution is -2.20. The first-order chi connectivity index (χ1) is 15.4. The highest BCUT2D eigenvalue weighted by molar-refractivity contribution is 7.92. The molecule has 0 saturated carbocycles. The Hall–Kier alpha value is -3.63. The lowest BCUT2D eigenvalue weighted by atomic mass is 10.2. The second-order valence-corrected chi connectivity index (χ2v) is 9.24. The van der Waals surface area contributed by atoms with E-state index in [0.717, 1.165) is 10.1 Å². The van der Waals surface area contributed by atoms with Crippen LogP contribution < -0.4 is 19.5 Å². The van der Waals surface area contributed by atoms with E-state index in [4.69, 9.17) is 9.47 Å². The molecule has 164 valence electrons. The van der Waals surface area contributed by atoms with Gasteiger partial charge in [-0.25, -0.2) is 8.42 Å². The zero-order valence-corrected chi connectivity index (χ0v) is 18.6. The Bertz CT molecular complexity index is 1350. The summed E-state index contributed by atoms with van der Waals surface area (Å²) in [6.45, 7) is -0.214. The molecule has 0 spiro atoms. The average molecular weight is 470 g/mol. The minimum atomic E-state index is -3.78. The van der Waals surface area contributed by atoms with Gasteiger partial charge in [-0.05, 0) is 66.1 Å². The number of carbonyl (C=O) groups excluding carboxylic acids is 1. The Kier molecular flexibility index (Phi) is 6.24. The van der Waals surface area contributed by atoms with Gasteiger partial charge in [0.15, 0.2) is 6.61 Å². The van der Waals surface area contributed by atoms with Crippen molar-refractivity contribution < 1.29 is 22.7 Å². The van der Waals surface area contributed by atoms with Crippen LogP contribution in [0.2, 0.25) is 0 Å². The molecule has 0 aliphatic heterocycles. The number of anilines is 2. The van der Waals surface area contributed by atoms with E-state index in [1.165, 1.54) is 42.9 Å². The number of sulfonamides is 1. The fourth-order valence-corrected chi connectivity index (χ4v) is 4.59. The van der Waals surface area contributed by atoms with E-state index >= 15 is 0 Å². The Morgan fingerprint density at radius 1 is 1.00 bits per heavy atom. The third kappa shape index (κ3) is 5.16. The van der Waals surface area contributed by atoms with Crippen molar-refractivity contribution in [2.75, 3.05) is 23.8 Å². The summed E-state index contributed by atoms with van der Waals surface area (Å²) in [4.78, 5) is 12.2. The number of ether oxygens (including phenoxy) is 2. The van der Waals surface area contributed by atoms with E-state index in [2.05, 4.69) is 14.4 Å².